The topological polar surface area (TPSA) is 131 Å². The van der Waals surface area contributed by atoms with E-state index in [0.29, 0.717) is 12.0 Å². The maximum atomic E-state index is 14.0. The molecule has 9 heteroatoms. The van der Waals surface area contributed by atoms with Crippen LogP contribution in [0.1, 0.15) is 78.5 Å². The van der Waals surface area contributed by atoms with Crippen LogP contribution in [0.3, 0.4) is 0 Å². The molecule has 0 saturated heterocycles. The van der Waals surface area contributed by atoms with Crippen LogP contribution in [0.25, 0.3) is 6.08 Å². The van der Waals surface area contributed by atoms with Gasteiger partial charge in [-0.25, -0.2) is 4.79 Å². The van der Waals surface area contributed by atoms with Crippen LogP contribution in [-0.4, -0.2) is 51.9 Å². The van der Waals surface area contributed by atoms with E-state index in [9.17, 15) is 19.2 Å². The molecule has 0 spiro atoms. The minimum Gasteiger partial charge on any atom is -0.444 e. The van der Waals surface area contributed by atoms with Gasteiger partial charge in [0.25, 0.3) is 0 Å². The summed E-state index contributed by atoms with van der Waals surface area (Å²) in [6.07, 6.45) is 1.06. The molecule has 0 aromatic heterocycles. The fourth-order valence-electron chi connectivity index (χ4n) is 3.94. The Morgan fingerprint density at radius 3 is 2.28 bits per heavy atom. The van der Waals surface area contributed by atoms with E-state index in [0.717, 1.165) is 5.56 Å². The summed E-state index contributed by atoms with van der Waals surface area (Å²) < 4.78 is 5.30. The Morgan fingerprint density at radius 2 is 1.81 bits per heavy atom. The van der Waals surface area contributed by atoms with E-state index in [2.05, 4.69) is 17.2 Å². The third kappa shape index (κ3) is 8.39. The summed E-state index contributed by atoms with van der Waals surface area (Å²) in [7, 11) is 0. The highest BCUT2D eigenvalue weighted by Crippen LogP contribution is 2.41. The third-order valence-electron chi connectivity index (χ3n) is 5.56. The van der Waals surface area contributed by atoms with Crippen molar-refractivity contribution in [2.45, 2.75) is 90.6 Å². The normalized spacial score (nSPS) is 18.9. The Bertz CT molecular complexity index is 1010. The van der Waals surface area contributed by atoms with Crippen LogP contribution >= 0.6 is 0 Å². The van der Waals surface area contributed by atoms with Gasteiger partial charge in [0.1, 0.15) is 17.7 Å². The van der Waals surface area contributed by atoms with Gasteiger partial charge in [-0.05, 0) is 71.1 Å². The molecule has 1 aliphatic carbocycles. The van der Waals surface area contributed by atoms with Gasteiger partial charge in [0.05, 0.1) is 6.42 Å². The Labute approximate surface area is 213 Å². The number of rotatable bonds is 9. The molecular formula is C27H40N4O5. The number of primary amides is 1. The largest absolute Gasteiger partial charge is 0.444 e. The van der Waals surface area contributed by atoms with Crippen molar-refractivity contribution in [3.63, 3.8) is 0 Å². The summed E-state index contributed by atoms with van der Waals surface area (Å²) in [5.41, 5.74) is 5.44. The van der Waals surface area contributed by atoms with Crippen LogP contribution < -0.4 is 16.4 Å². The Kier molecular flexibility index (Phi) is 8.93. The van der Waals surface area contributed by atoms with Crippen LogP contribution in [-0.2, 0) is 19.1 Å². The standard InChI is InChI=1S/C27H40N4O5/c1-9-17-11-10-12-18(14-17)22(23(33)30-26(3,4)5)31(20-13-16(20)2)24(34)19(15-21(28)32)29-25(35)36-27(6,7)8/h9-12,14,16,19-20,22H,1,13,15H2,2-8H3,(H2,28,32)(H,29,35)(H,30,33). The molecule has 1 aromatic rings. The molecule has 0 heterocycles. The SMILES string of the molecule is C=Cc1cccc(C(C(=O)NC(C)(C)C)N(C(=O)C(CC(N)=O)NC(=O)OC(C)(C)C)C2CC2C)c1. The number of hydrogen-bond donors (Lipinski definition) is 3. The van der Waals surface area contributed by atoms with E-state index in [1.165, 1.54) is 4.90 Å². The summed E-state index contributed by atoms with van der Waals surface area (Å²) in [5.74, 6) is -1.58. The predicted octanol–water partition coefficient (Wildman–Crippen LogP) is 3.29. The molecule has 0 radical (unpaired) electrons. The number of hydrogen-bond acceptors (Lipinski definition) is 5. The molecule has 198 valence electrons. The monoisotopic (exact) mass is 500 g/mol. The quantitative estimate of drug-likeness (QED) is 0.479. The number of carbonyl (C=O) groups excluding carboxylic acids is 4. The first kappa shape index (κ1) is 28.9. The summed E-state index contributed by atoms with van der Waals surface area (Å²) >= 11 is 0. The molecule has 1 aliphatic rings. The van der Waals surface area contributed by atoms with Crippen LogP contribution in [0.4, 0.5) is 4.79 Å². The first-order valence-electron chi connectivity index (χ1n) is 12.2. The molecule has 4 N–H and O–H groups in total. The van der Waals surface area contributed by atoms with E-state index in [1.54, 1.807) is 45.0 Å². The number of alkyl carbamates (subject to hydrolysis) is 1. The van der Waals surface area contributed by atoms with Gasteiger partial charge >= 0.3 is 6.09 Å². The first-order chi connectivity index (χ1) is 16.5. The number of nitrogens with one attached hydrogen (secondary N) is 2. The van der Waals surface area contributed by atoms with Crippen molar-refractivity contribution in [2.24, 2.45) is 11.7 Å². The smallest absolute Gasteiger partial charge is 0.408 e. The van der Waals surface area contributed by atoms with Crippen LogP contribution in [0.5, 0.6) is 0 Å². The minimum atomic E-state index is -1.29. The van der Waals surface area contributed by atoms with Crippen molar-refractivity contribution in [1.82, 2.24) is 15.5 Å². The van der Waals surface area contributed by atoms with Crippen molar-refractivity contribution in [1.29, 1.82) is 0 Å². The van der Waals surface area contributed by atoms with Crippen molar-refractivity contribution in [3.05, 3.63) is 42.0 Å². The summed E-state index contributed by atoms with van der Waals surface area (Å²) in [6.45, 7) is 16.4. The maximum absolute atomic E-state index is 14.0. The number of nitrogens with zero attached hydrogens (tertiary/aromatic N) is 1. The molecule has 1 saturated carbocycles. The second-order valence-corrected chi connectivity index (χ2v) is 11.4. The van der Waals surface area contributed by atoms with E-state index in [1.807, 2.05) is 33.8 Å². The van der Waals surface area contributed by atoms with Crippen LogP contribution in [0.15, 0.2) is 30.8 Å². The Hall–Kier alpha value is -3.36. The van der Waals surface area contributed by atoms with Gasteiger partial charge < -0.3 is 26.0 Å². The molecule has 4 amide bonds. The van der Waals surface area contributed by atoms with E-state index in [4.69, 9.17) is 10.5 Å². The zero-order valence-corrected chi connectivity index (χ0v) is 22.4. The lowest BCUT2D eigenvalue weighted by atomic mass is 9.98. The van der Waals surface area contributed by atoms with Crippen LogP contribution in [0.2, 0.25) is 0 Å². The van der Waals surface area contributed by atoms with Crippen molar-refractivity contribution in [2.75, 3.05) is 0 Å². The van der Waals surface area contributed by atoms with Crippen molar-refractivity contribution in [3.8, 4) is 0 Å². The highest BCUT2D eigenvalue weighted by Gasteiger charge is 2.48. The van der Waals surface area contributed by atoms with Crippen molar-refractivity contribution < 1.29 is 23.9 Å². The number of nitrogens with two attached hydrogens (primary N) is 1. The summed E-state index contributed by atoms with van der Waals surface area (Å²) in [5, 5.41) is 5.47. The maximum Gasteiger partial charge on any atom is 0.408 e. The highest BCUT2D eigenvalue weighted by molar-refractivity contribution is 5.95. The lowest BCUT2D eigenvalue weighted by Crippen LogP contribution is -2.56. The van der Waals surface area contributed by atoms with Gasteiger partial charge in [0, 0.05) is 11.6 Å². The number of benzene rings is 1. The molecule has 4 atom stereocenters. The summed E-state index contributed by atoms with van der Waals surface area (Å²) in [4.78, 5) is 53.5. The second kappa shape index (κ2) is 11.1. The van der Waals surface area contributed by atoms with Gasteiger partial charge in [-0.1, -0.05) is 37.8 Å². The minimum absolute atomic E-state index is 0.136. The van der Waals surface area contributed by atoms with Gasteiger partial charge in [-0.2, -0.15) is 0 Å². The zero-order chi connectivity index (χ0) is 27.4. The Balaban J connectivity index is 2.55. The molecule has 0 aliphatic heterocycles. The molecule has 1 aromatic carbocycles. The number of carbonyl (C=O) groups is 4. The van der Waals surface area contributed by atoms with Gasteiger partial charge in [-0.15, -0.1) is 0 Å². The molecule has 4 unspecified atom stereocenters. The molecule has 2 rings (SSSR count). The van der Waals surface area contributed by atoms with E-state index >= 15 is 0 Å². The van der Waals surface area contributed by atoms with Gasteiger partial charge in [0.2, 0.25) is 17.7 Å². The summed E-state index contributed by atoms with van der Waals surface area (Å²) in [6, 6.07) is 4.68. The Morgan fingerprint density at radius 1 is 1.19 bits per heavy atom. The van der Waals surface area contributed by atoms with E-state index in [-0.39, 0.29) is 17.9 Å². The lowest BCUT2D eigenvalue weighted by molar-refractivity contribution is -0.144. The van der Waals surface area contributed by atoms with Crippen molar-refractivity contribution >= 4 is 29.9 Å². The average molecular weight is 501 g/mol. The molecule has 9 nitrogen and oxygen atoms in total. The second-order valence-electron chi connectivity index (χ2n) is 11.4. The first-order valence-corrected chi connectivity index (χ1v) is 12.2. The van der Waals surface area contributed by atoms with Gasteiger partial charge in [-0.3, -0.25) is 14.4 Å². The third-order valence-corrected chi connectivity index (χ3v) is 5.56. The molecule has 36 heavy (non-hydrogen) atoms. The number of ether oxygens (including phenoxy) is 1. The predicted molar refractivity (Wildman–Crippen MR) is 139 cm³/mol. The van der Waals surface area contributed by atoms with Gasteiger partial charge in [0.15, 0.2) is 0 Å². The zero-order valence-electron chi connectivity index (χ0n) is 22.4. The molecular weight excluding hydrogens is 460 g/mol. The number of amides is 4. The average Bonchev–Trinajstić information content (AvgIpc) is 3.43. The molecule has 0 bridgehead atoms. The fraction of sp³-hybridized carbons (Fsp3) is 0.556. The highest BCUT2D eigenvalue weighted by atomic mass is 16.6. The fourth-order valence-corrected chi connectivity index (χ4v) is 3.94. The van der Waals surface area contributed by atoms with E-state index < -0.39 is 47.6 Å². The molecule has 1 fully saturated rings. The van der Waals surface area contributed by atoms with Crippen LogP contribution in [0, 0.1) is 5.92 Å². The lowest BCUT2D eigenvalue weighted by Gasteiger charge is -2.36.